The number of fused-ring (bicyclic) bond motifs is 2. The van der Waals surface area contributed by atoms with Crippen LogP contribution in [0.3, 0.4) is 0 Å². The molecule has 4 aromatic carbocycles. The Morgan fingerprint density at radius 1 is 0.571 bits per heavy atom. The molecule has 0 atom stereocenters. The van der Waals surface area contributed by atoms with Gasteiger partial charge in [-0.25, -0.2) is 0 Å². The Morgan fingerprint density at radius 3 is 1.32 bits per heavy atom. The van der Waals surface area contributed by atoms with Gasteiger partial charge in [0.05, 0.1) is 0 Å². The van der Waals surface area contributed by atoms with E-state index in [1.807, 2.05) is 0 Å². The van der Waals surface area contributed by atoms with Crippen LogP contribution in [-0.4, -0.2) is 0 Å². The fourth-order valence-electron chi connectivity index (χ4n) is 3.04. The minimum Gasteiger partial charge on any atom is -0.358 e. The second-order valence-electron chi connectivity index (χ2n) is 6.24. The zero-order valence-corrected chi connectivity index (χ0v) is 20.6. The molecule has 148 valence electrons. The number of rotatable bonds is 0. The molecule has 0 nitrogen and oxygen atoms in total. The van der Waals surface area contributed by atoms with Gasteiger partial charge in [-0.15, -0.1) is 84.1 Å². The molecule has 0 heterocycles. The Kier molecular flexibility index (Phi) is 17.8. The zero-order valence-electron chi connectivity index (χ0n) is 16.5. The summed E-state index contributed by atoms with van der Waals surface area (Å²) in [5.41, 5.74) is 0. The molecular weight excluding hydrogens is 462 g/mol. The van der Waals surface area contributed by atoms with Crippen LogP contribution < -0.4 is 0 Å². The Labute approximate surface area is 202 Å². The smallest absolute Gasteiger partial charge is 0.358 e. The van der Waals surface area contributed by atoms with Crippen molar-refractivity contribution < 1.29 is 26.2 Å². The third kappa shape index (κ3) is 9.55. The number of halogens is 2. The average Bonchev–Trinajstić information content (AvgIpc) is 3.33. The largest absolute Gasteiger partial charge is 4.00 e. The van der Waals surface area contributed by atoms with E-state index in [0.717, 1.165) is 0 Å². The van der Waals surface area contributed by atoms with Gasteiger partial charge in [-0.05, 0) is 0 Å². The maximum absolute atomic E-state index is 2.39. The van der Waals surface area contributed by atoms with Gasteiger partial charge in [-0.1, -0.05) is 31.4 Å². The molecule has 1 fully saturated rings. The number of hydrogen-bond acceptors (Lipinski definition) is 0. The number of hydrogen-bond donors (Lipinski definition) is 0. The first kappa shape index (κ1) is 29.3. The average molecular weight is 493 g/mol. The fourth-order valence-corrected chi connectivity index (χ4v) is 3.04. The Balaban J connectivity index is 0. The van der Waals surface area contributed by atoms with E-state index in [4.69, 9.17) is 0 Å². The van der Waals surface area contributed by atoms with Crippen molar-refractivity contribution in [2.75, 3.05) is 0 Å². The molecule has 0 saturated heterocycles. The molecule has 28 heavy (non-hydrogen) atoms. The van der Waals surface area contributed by atoms with Crippen LogP contribution in [0, 0.1) is 13.8 Å². The van der Waals surface area contributed by atoms with Gasteiger partial charge in [0.25, 0.3) is 0 Å². The molecule has 1 aliphatic carbocycles. The van der Waals surface area contributed by atoms with Gasteiger partial charge < -0.3 is 13.8 Å². The van der Waals surface area contributed by atoms with Crippen LogP contribution in [0.2, 0.25) is 0 Å². The second kappa shape index (κ2) is 17.0. The van der Waals surface area contributed by atoms with Gasteiger partial charge in [-0.3, -0.25) is 0 Å². The van der Waals surface area contributed by atoms with Crippen LogP contribution in [0.4, 0.5) is 0 Å². The van der Waals surface area contributed by atoms with E-state index in [9.17, 15) is 0 Å². The monoisotopic (exact) mass is 490 g/mol. The molecule has 1 aliphatic rings. The van der Waals surface area contributed by atoms with E-state index in [0.29, 0.717) is 0 Å². The van der Waals surface area contributed by atoms with Crippen molar-refractivity contribution in [1.29, 1.82) is 0 Å². The number of benzene rings is 2. The standard InChI is InChI=1S/2C9H7.C6H11.CH3.2ClH.Zr/c2*1-2-5-9-7-3-6-8(9)4-1;1-2-4-6-5-3-1;;;;/h2*1-7H;1H,2-6H2;1H3;2*1H;/q4*-1;;;+4. The van der Waals surface area contributed by atoms with Crippen molar-refractivity contribution in [2.24, 2.45) is 0 Å². The summed E-state index contributed by atoms with van der Waals surface area (Å²) < 4.78 is 0. The summed E-state index contributed by atoms with van der Waals surface area (Å²) in [7, 11) is 0. The molecule has 4 aromatic rings. The van der Waals surface area contributed by atoms with Crippen LogP contribution in [0.15, 0.2) is 84.9 Å². The molecule has 5 rings (SSSR count). The summed E-state index contributed by atoms with van der Waals surface area (Å²) in [6, 6.07) is 29.3. The Bertz CT molecular complexity index is 706. The summed E-state index contributed by atoms with van der Waals surface area (Å²) >= 11 is 0. The van der Waals surface area contributed by atoms with E-state index < -0.39 is 0 Å². The Morgan fingerprint density at radius 2 is 1.00 bits per heavy atom. The van der Waals surface area contributed by atoms with Crippen LogP contribution in [0.25, 0.3) is 21.5 Å². The second-order valence-corrected chi connectivity index (χ2v) is 6.24. The van der Waals surface area contributed by atoms with Gasteiger partial charge >= 0.3 is 26.2 Å². The first-order chi connectivity index (χ1) is 11.9. The third-order valence-electron chi connectivity index (χ3n) is 4.41. The summed E-state index contributed by atoms with van der Waals surface area (Å²) in [5.74, 6) is 0. The molecule has 0 N–H and O–H groups in total. The predicted molar refractivity (Wildman–Crippen MR) is 127 cm³/mol. The van der Waals surface area contributed by atoms with Crippen molar-refractivity contribution in [3.8, 4) is 0 Å². The van der Waals surface area contributed by atoms with Gasteiger partial charge in [0.1, 0.15) is 0 Å². The van der Waals surface area contributed by atoms with Crippen molar-refractivity contribution in [1.82, 2.24) is 0 Å². The molecular formula is C25H30Cl2Zr. The van der Waals surface area contributed by atoms with E-state index >= 15 is 0 Å². The summed E-state index contributed by atoms with van der Waals surface area (Å²) in [6.07, 6.45) is 9.50. The van der Waals surface area contributed by atoms with Crippen LogP contribution in [0.1, 0.15) is 32.1 Å². The van der Waals surface area contributed by atoms with E-state index in [1.165, 1.54) is 53.6 Å². The van der Waals surface area contributed by atoms with Gasteiger partial charge in [0.15, 0.2) is 0 Å². The molecule has 0 aromatic heterocycles. The molecule has 3 heteroatoms. The van der Waals surface area contributed by atoms with Crippen LogP contribution >= 0.6 is 24.8 Å². The molecule has 0 bridgehead atoms. The molecule has 0 aliphatic heterocycles. The van der Waals surface area contributed by atoms with E-state index in [2.05, 4.69) is 91.3 Å². The Hall–Kier alpha value is -0.877. The third-order valence-corrected chi connectivity index (χ3v) is 4.41. The summed E-state index contributed by atoms with van der Waals surface area (Å²) in [5, 5.41) is 5.32. The van der Waals surface area contributed by atoms with Crippen LogP contribution in [0.5, 0.6) is 0 Å². The topological polar surface area (TPSA) is 0 Å². The first-order valence-electron chi connectivity index (χ1n) is 8.96. The maximum atomic E-state index is 2.39. The fraction of sp³-hybridized carbons (Fsp3) is 0.200. The molecule has 0 radical (unpaired) electrons. The van der Waals surface area contributed by atoms with Gasteiger partial charge in [0, 0.05) is 0 Å². The van der Waals surface area contributed by atoms with Crippen molar-refractivity contribution >= 4 is 46.4 Å². The van der Waals surface area contributed by atoms with Gasteiger partial charge in [-0.2, -0.15) is 47.9 Å². The maximum Gasteiger partial charge on any atom is 4.00 e. The van der Waals surface area contributed by atoms with Crippen molar-refractivity contribution in [3.05, 3.63) is 98.8 Å². The van der Waals surface area contributed by atoms with Crippen molar-refractivity contribution in [3.63, 3.8) is 0 Å². The summed E-state index contributed by atoms with van der Waals surface area (Å²) in [6.45, 7) is 0. The summed E-state index contributed by atoms with van der Waals surface area (Å²) in [4.78, 5) is 0. The zero-order chi connectivity index (χ0) is 16.5. The minimum absolute atomic E-state index is 0. The normalized spacial score (nSPS) is 11.7. The molecule has 0 spiro atoms. The SMILES string of the molecule is Cl.Cl.[CH-]1CCCCC1.[CH3-].[Zr+4].c1ccc2[cH-]ccc2c1.c1ccc2[cH-]ccc2c1. The van der Waals surface area contributed by atoms with Gasteiger partial charge in [0.2, 0.25) is 0 Å². The quantitative estimate of drug-likeness (QED) is 0.216. The van der Waals surface area contributed by atoms with Crippen LogP contribution in [-0.2, 0) is 26.2 Å². The predicted octanol–water partition coefficient (Wildman–Crippen LogP) is 8.56. The molecule has 1 saturated carbocycles. The molecule has 0 unspecified atom stereocenters. The van der Waals surface area contributed by atoms with E-state index in [1.54, 1.807) is 0 Å². The van der Waals surface area contributed by atoms with Crippen molar-refractivity contribution in [2.45, 2.75) is 32.1 Å². The first-order valence-corrected chi connectivity index (χ1v) is 8.96. The van der Waals surface area contributed by atoms with E-state index in [-0.39, 0.29) is 58.4 Å². The molecule has 0 amide bonds. The minimum atomic E-state index is 0.